The molecular weight excluding hydrogens is 294 g/mol. The van der Waals surface area contributed by atoms with E-state index in [4.69, 9.17) is 4.98 Å². The lowest BCUT2D eigenvalue weighted by atomic mass is 10.2. The Balaban J connectivity index is 1.91. The number of hydrogen-bond donors (Lipinski definition) is 1. The third kappa shape index (κ3) is 2.35. The van der Waals surface area contributed by atoms with Gasteiger partial charge < -0.3 is 5.11 Å². The minimum atomic E-state index is 0.273. The van der Waals surface area contributed by atoms with Crippen molar-refractivity contribution in [3.63, 3.8) is 0 Å². The third-order valence-corrected chi connectivity index (χ3v) is 5.39. The van der Waals surface area contributed by atoms with E-state index in [1.807, 2.05) is 36.0 Å². The summed E-state index contributed by atoms with van der Waals surface area (Å²) in [5.74, 6) is 2.54. The van der Waals surface area contributed by atoms with Crippen molar-refractivity contribution < 1.29 is 5.11 Å². The van der Waals surface area contributed by atoms with Gasteiger partial charge in [0, 0.05) is 11.9 Å². The lowest BCUT2D eigenvalue weighted by Crippen LogP contribution is -2.09. The molecule has 0 amide bonds. The molecule has 0 aliphatic carbocycles. The summed E-state index contributed by atoms with van der Waals surface area (Å²) in [7, 11) is 0. The highest BCUT2D eigenvalue weighted by Gasteiger charge is 2.24. The van der Waals surface area contributed by atoms with Gasteiger partial charge in [-0.2, -0.15) is 11.8 Å². The first kappa shape index (κ1) is 13.6. The molecule has 2 aromatic heterocycles. The van der Waals surface area contributed by atoms with E-state index in [1.165, 1.54) is 18.6 Å². The standard InChI is InChI=1S/C17H17N3OS/c21-13-8-6-12(7-9-13)20-16-14(4-3-10-18-16)19-17(20)15-5-1-2-11-22-15/h3-4,6-10,15,21H,1-2,5,11H2. The van der Waals surface area contributed by atoms with Gasteiger partial charge in [-0.05, 0) is 55.0 Å². The highest BCUT2D eigenvalue weighted by molar-refractivity contribution is 7.99. The van der Waals surface area contributed by atoms with E-state index >= 15 is 0 Å². The average molecular weight is 311 g/mol. The molecule has 1 N–H and O–H groups in total. The van der Waals surface area contributed by atoms with E-state index in [9.17, 15) is 5.11 Å². The van der Waals surface area contributed by atoms with Crippen LogP contribution in [0.2, 0.25) is 0 Å². The summed E-state index contributed by atoms with van der Waals surface area (Å²) in [5, 5.41) is 9.95. The van der Waals surface area contributed by atoms with Crippen LogP contribution in [0.25, 0.3) is 16.9 Å². The van der Waals surface area contributed by atoms with E-state index in [-0.39, 0.29) is 5.75 Å². The highest BCUT2D eigenvalue weighted by Crippen LogP contribution is 2.39. The van der Waals surface area contributed by atoms with Gasteiger partial charge in [0.2, 0.25) is 0 Å². The number of phenols is 1. The summed E-state index contributed by atoms with van der Waals surface area (Å²) in [6.45, 7) is 0. The van der Waals surface area contributed by atoms with Crippen LogP contribution in [0.1, 0.15) is 30.3 Å². The van der Waals surface area contributed by atoms with Crippen molar-refractivity contribution in [2.75, 3.05) is 5.75 Å². The summed E-state index contributed by atoms with van der Waals surface area (Å²) >= 11 is 1.98. The van der Waals surface area contributed by atoms with Crippen molar-refractivity contribution in [3.8, 4) is 11.4 Å². The number of rotatable bonds is 2. The van der Waals surface area contributed by atoms with Crippen LogP contribution >= 0.6 is 11.8 Å². The first-order valence-electron chi connectivity index (χ1n) is 7.57. The van der Waals surface area contributed by atoms with Crippen molar-refractivity contribution in [3.05, 3.63) is 48.4 Å². The topological polar surface area (TPSA) is 50.9 Å². The van der Waals surface area contributed by atoms with Gasteiger partial charge in [0.05, 0.1) is 5.25 Å². The van der Waals surface area contributed by atoms with Crippen LogP contribution in [0.5, 0.6) is 5.75 Å². The fourth-order valence-electron chi connectivity index (χ4n) is 2.95. The summed E-state index contributed by atoms with van der Waals surface area (Å²) in [4.78, 5) is 9.38. The molecule has 1 aliphatic rings. The van der Waals surface area contributed by atoms with Gasteiger partial charge >= 0.3 is 0 Å². The van der Waals surface area contributed by atoms with Gasteiger partial charge in [-0.15, -0.1) is 0 Å². The second-order valence-corrected chi connectivity index (χ2v) is 6.83. The van der Waals surface area contributed by atoms with E-state index in [0.717, 1.165) is 29.1 Å². The molecule has 22 heavy (non-hydrogen) atoms. The number of phenolic OH excluding ortho intramolecular Hbond substituents is 1. The third-order valence-electron chi connectivity index (χ3n) is 4.02. The first-order valence-corrected chi connectivity index (χ1v) is 8.62. The average Bonchev–Trinajstić information content (AvgIpc) is 2.96. The molecule has 1 unspecified atom stereocenters. The van der Waals surface area contributed by atoms with Gasteiger partial charge in [0.1, 0.15) is 17.1 Å². The Kier molecular flexibility index (Phi) is 3.50. The minimum Gasteiger partial charge on any atom is -0.508 e. The van der Waals surface area contributed by atoms with Crippen molar-refractivity contribution in [2.24, 2.45) is 0 Å². The molecule has 1 aromatic carbocycles. The van der Waals surface area contributed by atoms with E-state index < -0.39 is 0 Å². The molecule has 4 nitrogen and oxygen atoms in total. The Hall–Kier alpha value is -2.01. The van der Waals surface area contributed by atoms with Gasteiger partial charge in [-0.1, -0.05) is 6.42 Å². The molecule has 112 valence electrons. The Bertz CT molecular complexity index is 791. The maximum absolute atomic E-state index is 9.54. The molecule has 0 bridgehead atoms. The van der Waals surface area contributed by atoms with Crippen LogP contribution < -0.4 is 0 Å². The molecule has 1 atom stereocenters. The predicted octanol–water partition coefficient (Wildman–Crippen LogP) is 4.08. The van der Waals surface area contributed by atoms with E-state index in [1.54, 1.807) is 18.3 Å². The first-order chi connectivity index (χ1) is 10.8. The number of aromatic nitrogens is 3. The van der Waals surface area contributed by atoms with Crippen molar-refractivity contribution in [1.82, 2.24) is 14.5 Å². The minimum absolute atomic E-state index is 0.273. The molecule has 0 saturated carbocycles. The number of pyridine rings is 1. The van der Waals surface area contributed by atoms with Crippen LogP contribution in [0, 0.1) is 0 Å². The summed E-state index contributed by atoms with van der Waals surface area (Å²) in [6.07, 6.45) is 5.51. The number of benzene rings is 1. The van der Waals surface area contributed by atoms with Gasteiger partial charge in [-0.3, -0.25) is 4.57 Å². The SMILES string of the molecule is Oc1ccc(-n2c(C3CCCCS3)nc3cccnc32)cc1. The van der Waals surface area contributed by atoms with E-state index in [2.05, 4.69) is 9.55 Å². The summed E-state index contributed by atoms with van der Waals surface area (Å²) in [5.41, 5.74) is 2.81. The Morgan fingerprint density at radius 2 is 2.00 bits per heavy atom. The molecule has 3 heterocycles. The van der Waals surface area contributed by atoms with Crippen LogP contribution in [-0.2, 0) is 0 Å². The van der Waals surface area contributed by atoms with Gasteiger partial charge in [-0.25, -0.2) is 9.97 Å². The molecule has 3 aromatic rings. The molecule has 1 fully saturated rings. The van der Waals surface area contributed by atoms with Gasteiger partial charge in [0.25, 0.3) is 0 Å². The number of imidazole rings is 1. The van der Waals surface area contributed by atoms with Crippen LogP contribution in [-0.4, -0.2) is 25.4 Å². The number of fused-ring (bicyclic) bond motifs is 1. The smallest absolute Gasteiger partial charge is 0.164 e. The molecule has 5 heteroatoms. The zero-order valence-corrected chi connectivity index (χ0v) is 13.0. The fraction of sp³-hybridized carbons (Fsp3) is 0.294. The molecule has 0 radical (unpaired) electrons. The predicted molar refractivity (Wildman–Crippen MR) is 89.6 cm³/mol. The number of aromatic hydroxyl groups is 1. The highest BCUT2D eigenvalue weighted by atomic mass is 32.2. The van der Waals surface area contributed by atoms with E-state index in [0.29, 0.717) is 5.25 Å². The van der Waals surface area contributed by atoms with Crippen LogP contribution in [0.4, 0.5) is 0 Å². The van der Waals surface area contributed by atoms with Crippen molar-refractivity contribution in [2.45, 2.75) is 24.5 Å². The lowest BCUT2D eigenvalue weighted by molar-refractivity contribution is 0.475. The molecule has 1 saturated heterocycles. The zero-order chi connectivity index (χ0) is 14.9. The number of nitrogens with zero attached hydrogens (tertiary/aromatic N) is 3. The monoisotopic (exact) mass is 311 g/mol. The van der Waals surface area contributed by atoms with Gasteiger partial charge in [0.15, 0.2) is 5.65 Å². The lowest BCUT2D eigenvalue weighted by Gasteiger charge is -2.21. The van der Waals surface area contributed by atoms with Crippen molar-refractivity contribution >= 4 is 22.9 Å². The number of hydrogen-bond acceptors (Lipinski definition) is 4. The maximum atomic E-state index is 9.54. The summed E-state index contributed by atoms with van der Waals surface area (Å²) in [6, 6.07) is 11.2. The normalized spacial score (nSPS) is 18.6. The Morgan fingerprint density at radius 3 is 2.77 bits per heavy atom. The molecule has 0 spiro atoms. The van der Waals surface area contributed by atoms with Crippen LogP contribution in [0.15, 0.2) is 42.6 Å². The second-order valence-electron chi connectivity index (χ2n) is 5.52. The van der Waals surface area contributed by atoms with Crippen LogP contribution in [0.3, 0.4) is 0 Å². The molecule has 1 aliphatic heterocycles. The number of thioether (sulfide) groups is 1. The Morgan fingerprint density at radius 1 is 1.14 bits per heavy atom. The molecular formula is C17H17N3OS. The second kappa shape index (κ2) is 5.65. The quantitative estimate of drug-likeness (QED) is 0.774. The summed E-state index contributed by atoms with van der Waals surface area (Å²) < 4.78 is 2.14. The fourth-order valence-corrected chi connectivity index (χ4v) is 4.24. The zero-order valence-electron chi connectivity index (χ0n) is 12.1. The Labute approximate surface area is 133 Å². The van der Waals surface area contributed by atoms with Crippen molar-refractivity contribution in [1.29, 1.82) is 0 Å². The molecule has 4 rings (SSSR count). The maximum Gasteiger partial charge on any atom is 0.164 e. The largest absolute Gasteiger partial charge is 0.508 e.